The van der Waals surface area contributed by atoms with E-state index in [1.165, 1.54) is 0 Å². The number of ether oxygens (including phenoxy) is 2. The molecule has 1 aromatic rings. The van der Waals surface area contributed by atoms with Crippen LogP contribution in [0.5, 0.6) is 5.75 Å². The molecule has 0 bridgehead atoms. The molecule has 0 heterocycles. The maximum atomic E-state index is 12.0. The van der Waals surface area contributed by atoms with Crippen molar-refractivity contribution in [1.29, 1.82) is 0 Å². The number of amides is 1. The smallest absolute Gasteiger partial charge is 0.220 e. The molecule has 0 aliphatic heterocycles. The van der Waals surface area contributed by atoms with Crippen LogP contribution in [0.4, 0.5) is 0 Å². The average Bonchev–Trinajstić information content (AvgIpc) is 2.91. The van der Waals surface area contributed by atoms with Crippen molar-refractivity contribution in [2.75, 3.05) is 20.3 Å². The quantitative estimate of drug-likeness (QED) is 0.719. The fourth-order valence-electron chi connectivity index (χ4n) is 2.82. The third kappa shape index (κ3) is 5.31. The van der Waals surface area contributed by atoms with E-state index in [-0.39, 0.29) is 11.9 Å². The number of carbonyl (C=O) groups excluding carboxylic acids is 1. The SMILES string of the molecule is COCCOc1cccc(CNC(=O)C[C@@H]2CCC[C@H]2N)c1. The lowest BCUT2D eigenvalue weighted by Gasteiger charge is -2.15. The Morgan fingerprint density at radius 3 is 2.95 bits per heavy atom. The van der Waals surface area contributed by atoms with Crippen molar-refractivity contribution >= 4 is 5.91 Å². The summed E-state index contributed by atoms with van der Waals surface area (Å²) in [5.74, 6) is 1.21. The summed E-state index contributed by atoms with van der Waals surface area (Å²) in [5.41, 5.74) is 7.03. The van der Waals surface area contributed by atoms with Crippen molar-refractivity contribution in [2.45, 2.75) is 38.3 Å². The molecule has 1 aliphatic carbocycles. The first kappa shape index (κ1) is 16.8. The van der Waals surface area contributed by atoms with Gasteiger partial charge in [0.1, 0.15) is 12.4 Å². The Hall–Kier alpha value is -1.59. The molecule has 5 nitrogen and oxygen atoms in total. The first-order valence-corrected chi connectivity index (χ1v) is 7.92. The van der Waals surface area contributed by atoms with E-state index >= 15 is 0 Å². The van der Waals surface area contributed by atoms with Gasteiger partial charge in [-0.25, -0.2) is 0 Å². The van der Waals surface area contributed by atoms with Crippen LogP contribution in [0.15, 0.2) is 24.3 Å². The lowest BCUT2D eigenvalue weighted by molar-refractivity contribution is -0.122. The second-order valence-corrected chi connectivity index (χ2v) is 5.82. The van der Waals surface area contributed by atoms with Crippen LogP contribution >= 0.6 is 0 Å². The summed E-state index contributed by atoms with van der Waals surface area (Å²) in [4.78, 5) is 12.0. The van der Waals surface area contributed by atoms with Gasteiger partial charge < -0.3 is 20.5 Å². The van der Waals surface area contributed by atoms with Gasteiger partial charge in [-0.1, -0.05) is 18.6 Å². The third-order valence-electron chi connectivity index (χ3n) is 4.11. The minimum Gasteiger partial charge on any atom is -0.491 e. The second kappa shape index (κ2) is 8.76. The highest BCUT2D eigenvalue weighted by Crippen LogP contribution is 2.26. The number of carbonyl (C=O) groups is 1. The minimum absolute atomic E-state index is 0.0769. The van der Waals surface area contributed by atoms with Crippen LogP contribution in [-0.4, -0.2) is 32.3 Å². The summed E-state index contributed by atoms with van der Waals surface area (Å²) in [6.07, 6.45) is 3.78. The highest BCUT2D eigenvalue weighted by Gasteiger charge is 2.25. The molecule has 2 rings (SSSR count). The predicted molar refractivity (Wildman–Crippen MR) is 85.6 cm³/mol. The summed E-state index contributed by atoms with van der Waals surface area (Å²) >= 11 is 0. The summed E-state index contributed by atoms with van der Waals surface area (Å²) in [6.45, 7) is 1.59. The number of rotatable bonds is 8. The molecular formula is C17H26N2O3. The number of nitrogens with one attached hydrogen (secondary N) is 1. The Labute approximate surface area is 132 Å². The zero-order valence-corrected chi connectivity index (χ0v) is 13.2. The molecule has 1 fully saturated rings. The van der Waals surface area contributed by atoms with Crippen molar-refractivity contribution < 1.29 is 14.3 Å². The molecule has 122 valence electrons. The number of nitrogens with two attached hydrogens (primary N) is 1. The molecular weight excluding hydrogens is 280 g/mol. The monoisotopic (exact) mass is 306 g/mol. The molecule has 1 saturated carbocycles. The summed E-state index contributed by atoms with van der Waals surface area (Å²) in [5, 5.41) is 2.97. The van der Waals surface area contributed by atoms with Gasteiger partial charge in [-0.05, 0) is 36.5 Å². The largest absolute Gasteiger partial charge is 0.491 e. The molecule has 1 aliphatic rings. The van der Waals surface area contributed by atoms with Crippen LogP contribution in [0.25, 0.3) is 0 Å². The lowest BCUT2D eigenvalue weighted by Crippen LogP contribution is -2.31. The topological polar surface area (TPSA) is 73.6 Å². The van der Waals surface area contributed by atoms with Crippen LogP contribution in [0.1, 0.15) is 31.2 Å². The Morgan fingerprint density at radius 1 is 1.36 bits per heavy atom. The van der Waals surface area contributed by atoms with Gasteiger partial charge in [0.2, 0.25) is 5.91 Å². The zero-order chi connectivity index (χ0) is 15.8. The van der Waals surface area contributed by atoms with E-state index < -0.39 is 0 Å². The van der Waals surface area contributed by atoms with Gasteiger partial charge in [-0.15, -0.1) is 0 Å². The molecule has 0 radical (unpaired) electrons. The molecule has 5 heteroatoms. The Balaban J connectivity index is 1.75. The van der Waals surface area contributed by atoms with Crippen molar-refractivity contribution in [2.24, 2.45) is 11.7 Å². The van der Waals surface area contributed by atoms with Gasteiger partial charge in [-0.3, -0.25) is 4.79 Å². The average molecular weight is 306 g/mol. The van der Waals surface area contributed by atoms with E-state index in [1.54, 1.807) is 7.11 Å². The first-order chi connectivity index (χ1) is 10.7. The van der Waals surface area contributed by atoms with E-state index in [0.29, 0.717) is 32.1 Å². The zero-order valence-electron chi connectivity index (χ0n) is 13.2. The molecule has 0 saturated heterocycles. The van der Waals surface area contributed by atoms with Gasteiger partial charge in [0.05, 0.1) is 6.61 Å². The fourth-order valence-corrected chi connectivity index (χ4v) is 2.82. The van der Waals surface area contributed by atoms with Crippen molar-refractivity contribution in [3.8, 4) is 5.75 Å². The van der Waals surface area contributed by atoms with E-state index in [9.17, 15) is 4.79 Å². The molecule has 1 amide bonds. The second-order valence-electron chi connectivity index (χ2n) is 5.82. The van der Waals surface area contributed by atoms with Crippen LogP contribution in [-0.2, 0) is 16.1 Å². The molecule has 2 atom stereocenters. The number of benzene rings is 1. The summed E-state index contributed by atoms with van der Waals surface area (Å²) in [6, 6.07) is 7.93. The van der Waals surface area contributed by atoms with Gasteiger partial charge in [0.25, 0.3) is 0 Å². The standard InChI is InChI=1S/C17H26N2O3/c1-21-8-9-22-15-6-2-4-13(10-15)12-19-17(20)11-14-5-3-7-16(14)18/h2,4,6,10,14,16H,3,5,7-9,11-12,18H2,1H3,(H,19,20)/t14-,16+/m0/s1. The molecule has 22 heavy (non-hydrogen) atoms. The highest BCUT2D eigenvalue weighted by atomic mass is 16.5. The van der Waals surface area contributed by atoms with Gasteiger partial charge >= 0.3 is 0 Å². The predicted octanol–water partition coefficient (Wildman–Crippen LogP) is 1.85. The maximum absolute atomic E-state index is 12.0. The van der Waals surface area contributed by atoms with Crippen molar-refractivity contribution in [1.82, 2.24) is 5.32 Å². The van der Waals surface area contributed by atoms with Gasteiger partial charge in [0.15, 0.2) is 0 Å². The first-order valence-electron chi connectivity index (χ1n) is 7.92. The normalized spacial score (nSPS) is 20.8. The summed E-state index contributed by atoms with van der Waals surface area (Å²) < 4.78 is 10.5. The van der Waals surface area contributed by atoms with Crippen molar-refractivity contribution in [3.63, 3.8) is 0 Å². The molecule has 0 spiro atoms. The number of hydrogen-bond acceptors (Lipinski definition) is 4. The lowest BCUT2D eigenvalue weighted by atomic mass is 10.00. The molecule has 1 aromatic carbocycles. The number of hydrogen-bond donors (Lipinski definition) is 2. The number of methoxy groups -OCH3 is 1. The Bertz CT molecular complexity index is 479. The maximum Gasteiger partial charge on any atom is 0.220 e. The third-order valence-corrected chi connectivity index (χ3v) is 4.11. The Morgan fingerprint density at radius 2 is 2.23 bits per heavy atom. The van der Waals surface area contributed by atoms with Crippen molar-refractivity contribution in [3.05, 3.63) is 29.8 Å². The highest BCUT2D eigenvalue weighted by molar-refractivity contribution is 5.76. The molecule has 3 N–H and O–H groups in total. The van der Waals surface area contributed by atoms with Crippen LogP contribution in [0.3, 0.4) is 0 Å². The van der Waals surface area contributed by atoms with Crippen LogP contribution < -0.4 is 15.8 Å². The van der Waals surface area contributed by atoms with Crippen LogP contribution in [0.2, 0.25) is 0 Å². The Kier molecular flexibility index (Phi) is 6.68. The van der Waals surface area contributed by atoms with E-state index in [0.717, 1.165) is 30.6 Å². The van der Waals surface area contributed by atoms with E-state index in [1.807, 2.05) is 24.3 Å². The van der Waals surface area contributed by atoms with E-state index in [2.05, 4.69) is 5.32 Å². The molecule has 0 aromatic heterocycles. The summed E-state index contributed by atoms with van der Waals surface area (Å²) in [7, 11) is 1.64. The minimum atomic E-state index is 0.0769. The van der Waals surface area contributed by atoms with E-state index in [4.69, 9.17) is 15.2 Å². The van der Waals surface area contributed by atoms with Gasteiger partial charge in [0, 0.05) is 26.1 Å². The molecule has 0 unspecified atom stereocenters. The van der Waals surface area contributed by atoms with Gasteiger partial charge in [-0.2, -0.15) is 0 Å². The fraction of sp³-hybridized carbons (Fsp3) is 0.588. The van der Waals surface area contributed by atoms with Crippen LogP contribution in [0, 0.1) is 5.92 Å².